The molecule has 2 aromatic heterocycles. The zero-order chi connectivity index (χ0) is 18.3. The van der Waals surface area contributed by atoms with E-state index in [2.05, 4.69) is 20.4 Å². The maximum absolute atomic E-state index is 12.4. The molecule has 134 valence electrons. The Kier molecular flexibility index (Phi) is 3.83. The Morgan fingerprint density at radius 2 is 2.19 bits per heavy atom. The number of H-pyrrole nitrogens is 1. The van der Waals surface area contributed by atoms with E-state index in [4.69, 9.17) is 4.74 Å². The lowest BCUT2D eigenvalue weighted by atomic mass is 10.2. The first-order valence-corrected chi connectivity index (χ1v) is 8.19. The van der Waals surface area contributed by atoms with Crippen molar-refractivity contribution in [3.8, 4) is 5.75 Å². The van der Waals surface area contributed by atoms with Gasteiger partial charge in [0.15, 0.2) is 5.69 Å². The molecule has 0 radical (unpaired) electrons. The molecule has 1 aliphatic rings. The maximum Gasteiger partial charge on any atom is 0.272 e. The molecule has 0 aliphatic carbocycles. The fourth-order valence-electron chi connectivity index (χ4n) is 2.92. The largest absolute Gasteiger partial charge is 0.497 e. The van der Waals surface area contributed by atoms with Gasteiger partial charge in [-0.1, -0.05) is 0 Å². The molecule has 0 fully saturated rings. The second kappa shape index (κ2) is 6.17. The predicted octanol–water partition coefficient (Wildman–Crippen LogP) is 0.784. The number of likely N-dealkylation sites (N-methyl/N-ethyl adjacent to an activating group) is 1. The van der Waals surface area contributed by atoms with Crippen LogP contribution >= 0.6 is 0 Å². The van der Waals surface area contributed by atoms with E-state index < -0.39 is 0 Å². The van der Waals surface area contributed by atoms with Crippen molar-refractivity contribution in [2.75, 3.05) is 20.7 Å². The predicted molar refractivity (Wildman–Crippen MR) is 93.0 cm³/mol. The van der Waals surface area contributed by atoms with Gasteiger partial charge in [-0.3, -0.25) is 14.3 Å². The van der Waals surface area contributed by atoms with Gasteiger partial charge in [-0.15, -0.1) is 0 Å². The summed E-state index contributed by atoms with van der Waals surface area (Å²) in [5.41, 5.74) is 2.28. The quantitative estimate of drug-likeness (QED) is 0.720. The molecule has 0 saturated heterocycles. The van der Waals surface area contributed by atoms with Crippen molar-refractivity contribution in [1.29, 1.82) is 0 Å². The first-order valence-electron chi connectivity index (χ1n) is 8.19. The summed E-state index contributed by atoms with van der Waals surface area (Å²) in [6.07, 6.45) is 0. The van der Waals surface area contributed by atoms with Crippen molar-refractivity contribution in [2.24, 2.45) is 0 Å². The number of nitrogens with zero attached hydrogens (tertiary/aromatic N) is 4. The number of ether oxygens (including phenoxy) is 1. The van der Waals surface area contributed by atoms with E-state index in [-0.39, 0.29) is 24.1 Å². The van der Waals surface area contributed by atoms with E-state index >= 15 is 0 Å². The number of carbonyl (C=O) groups is 2. The van der Waals surface area contributed by atoms with Crippen LogP contribution in [0, 0.1) is 0 Å². The smallest absolute Gasteiger partial charge is 0.272 e. The standard InChI is InChI=1S/C17H18N6O3/c1-22-5-6-23-14(17(22)25)8-13(21-23)16(24)18-9-15-19-11-4-3-10(26-2)7-12(11)20-15/h3-4,7-8H,5-6,9H2,1-2H3,(H,18,24)(H,19,20). The molecule has 2 amide bonds. The number of aromatic nitrogens is 4. The van der Waals surface area contributed by atoms with E-state index in [0.717, 1.165) is 16.8 Å². The number of hydrogen-bond donors (Lipinski definition) is 2. The van der Waals surface area contributed by atoms with Crippen molar-refractivity contribution in [1.82, 2.24) is 30.0 Å². The lowest BCUT2D eigenvalue weighted by molar-refractivity contribution is 0.0742. The highest BCUT2D eigenvalue weighted by Gasteiger charge is 2.25. The van der Waals surface area contributed by atoms with E-state index in [0.29, 0.717) is 24.6 Å². The first kappa shape index (κ1) is 16.1. The molecule has 2 N–H and O–H groups in total. The third kappa shape index (κ3) is 2.77. The second-order valence-corrected chi connectivity index (χ2v) is 6.11. The number of carbonyl (C=O) groups excluding carboxylic acids is 2. The number of rotatable bonds is 4. The number of nitrogens with one attached hydrogen (secondary N) is 2. The lowest BCUT2D eigenvalue weighted by Gasteiger charge is -2.22. The summed E-state index contributed by atoms with van der Waals surface area (Å²) in [4.78, 5) is 33.6. The molecule has 26 heavy (non-hydrogen) atoms. The minimum absolute atomic E-state index is 0.131. The fraction of sp³-hybridized carbons (Fsp3) is 0.294. The van der Waals surface area contributed by atoms with E-state index in [1.54, 1.807) is 23.7 Å². The summed E-state index contributed by atoms with van der Waals surface area (Å²) in [7, 11) is 3.33. The Balaban J connectivity index is 1.47. The van der Waals surface area contributed by atoms with Crippen LogP contribution in [0.25, 0.3) is 11.0 Å². The Bertz CT molecular complexity index is 1010. The van der Waals surface area contributed by atoms with E-state index in [1.165, 1.54) is 6.07 Å². The molecular weight excluding hydrogens is 336 g/mol. The molecular formula is C17H18N6O3. The molecule has 1 aromatic carbocycles. The van der Waals surface area contributed by atoms with Gasteiger partial charge in [0, 0.05) is 25.7 Å². The molecule has 4 rings (SSSR count). The molecule has 9 nitrogen and oxygen atoms in total. The summed E-state index contributed by atoms with van der Waals surface area (Å²) in [6.45, 7) is 1.39. The highest BCUT2D eigenvalue weighted by Crippen LogP contribution is 2.18. The third-order valence-electron chi connectivity index (χ3n) is 4.38. The van der Waals surface area contributed by atoms with Crippen LogP contribution in [0.2, 0.25) is 0 Å². The first-order chi connectivity index (χ1) is 12.5. The van der Waals surface area contributed by atoms with Gasteiger partial charge < -0.3 is 19.9 Å². The van der Waals surface area contributed by atoms with Crippen molar-refractivity contribution < 1.29 is 14.3 Å². The molecule has 0 spiro atoms. The number of hydrogen-bond acceptors (Lipinski definition) is 5. The number of amides is 2. The molecule has 0 unspecified atom stereocenters. The van der Waals surface area contributed by atoms with Crippen LogP contribution in [0.4, 0.5) is 0 Å². The van der Waals surface area contributed by atoms with Gasteiger partial charge in [0.25, 0.3) is 11.8 Å². The second-order valence-electron chi connectivity index (χ2n) is 6.11. The number of fused-ring (bicyclic) bond motifs is 2. The van der Waals surface area contributed by atoms with Crippen molar-refractivity contribution >= 4 is 22.8 Å². The van der Waals surface area contributed by atoms with Gasteiger partial charge >= 0.3 is 0 Å². The summed E-state index contributed by atoms with van der Waals surface area (Å²) >= 11 is 0. The van der Waals surface area contributed by atoms with Crippen LogP contribution in [0.1, 0.15) is 26.8 Å². The normalized spacial score (nSPS) is 13.8. The number of aromatic amines is 1. The van der Waals surface area contributed by atoms with Crippen LogP contribution in [-0.4, -0.2) is 57.2 Å². The van der Waals surface area contributed by atoms with Gasteiger partial charge in [-0.05, 0) is 12.1 Å². The third-order valence-corrected chi connectivity index (χ3v) is 4.38. The fourth-order valence-corrected chi connectivity index (χ4v) is 2.92. The van der Waals surface area contributed by atoms with Crippen LogP contribution in [0.5, 0.6) is 5.75 Å². The summed E-state index contributed by atoms with van der Waals surface area (Å²) in [5, 5.41) is 7.00. The summed E-state index contributed by atoms with van der Waals surface area (Å²) < 4.78 is 6.76. The Morgan fingerprint density at radius 3 is 3.00 bits per heavy atom. The van der Waals surface area contributed by atoms with E-state index in [9.17, 15) is 9.59 Å². The molecule has 0 atom stereocenters. The molecule has 3 heterocycles. The topological polar surface area (TPSA) is 105 Å². The summed E-state index contributed by atoms with van der Waals surface area (Å²) in [5.74, 6) is 0.880. The van der Waals surface area contributed by atoms with Gasteiger partial charge in [-0.25, -0.2) is 4.98 Å². The van der Waals surface area contributed by atoms with Gasteiger partial charge in [0.2, 0.25) is 0 Å². The average Bonchev–Trinajstić information content (AvgIpc) is 3.26. The maximum atomic E-state index is 12.4. The molecule has 0 saturated carbocycles. The molecule has 9 heteroatoms. The minimum atomic E-state index is -0.347. The van der Waals surface area contributed by atoms with Crippen LogP contribution < -0.4 is 10.1 Å². The number of methoxy groups -OCH3 is 1. The average molecular weight is 354 g/mol. The Morgan fingerprint density at radius 1 is 1.35 bits per heavy atom. The SMILES string of the molecule is COc1ccc2nc(CNC(=O)c3cc4n(n3)CCN(C)C4=O)[nH]c2c1. The highest BCUT2D eigenvalue weighted by molar-refractivity contribution is 5.98. The minimum Gasteiger partial charge on any atom is -0.497 e. The van der Waals surface area contributed by atoms with Gasteiger partial charge in [0.05, 0.1) is 31.2 Å². The molecule has 3 aromatic rings. The van der Waals surface area contributed by atoms with Crippen molar-refractivity contribution in [3.05, 3.63) is 41.5 Å². The Hall–Kier alpha value is -3.36. The van der Waals surface area contributed by atoms with Crippen LogP contribution in [-0.2, 0) is 13.1 Å². The number of imidazole rings is 1. The van der Waals surface area contributed by atoms with Crippen molar-refractivity contribution in [3.63, 3.8) is 0 Å². The van der Waals surface area contributed by atoms with Crippen LogP contribution in [0.15, 0.2) is 24.3 Å². The lowest BCUT2D eigenvalue weighted by Crippen LogP contribution is -2.37. The highest BCUT2D eigenvalue weighted by atomic mass is 16.5. The molecule has 1 aliphatic heterocycles. The molecule has 0 bridgehead atoms. The van der Waals surface area contributed by atoms with Crippen LogP contribution in [0.3, 0.4) is 0 Å². The zero-order valence-corrected chi connectivity index (χ0v) is 14.4. The Labute approximate surface area is 149 Å². The monoisotopic (exact) mass is 354 g/mol. The van der Waals surface area contributed by atoms with Crippen molar-refractivity contribution in [2.45, 2.75) is 13.1 Å². The van der Waals surface area contributed by atoms with Gasteiger partial charge in [-0.2, -0.15) is 5.10 Å². The summed E-state index contributed by atoms with van der Waals surface area (Å²) in [6, 6.07) is 7.05. The number of benzene rings is 1. The van der Waals surface area contributed by atoms with E-state index in [1.807, 2.05) is 18.2 Å². The zero-order valence-electron chi connectivity index (χ0n) is 14.4. The van der Waals surface area contributed by atoms with Gasteiger partial charge in [0.1, 0.15) is 17.3 Å².